The zero-order chi connectivity index (χ0) is 22.5. The number of hydrogen-bond donors (Lipinski definition) is 1. The number of nitrogens with zero attached hydrogens (tertiary/aromatic N) is 3. The van der Waals surface area contributed by atoms with Gasteiger partial charge in [0.15, 0.2) is 0 Å². The summed E-state index contributed by atoms with van der Waals surface area (Å²) in [5.41, 5.74) is 9.07. The fourth-order valence-corrected chi connectivity index (χ4v) is 3.79. The largest absolute Gasteiger partial charge is 0.497 e. The minimum Gasteiger partial charge on any atom is -0.497 e. The lowest BCUT2D eigenvalue weighted by molar-refractivity contribution is 0.414. The molecule has 0 saturated carbocycles. The average molecular weight is 489 g/mol. The summed E-state index contributed by atoms with van der Waals surface area (Å²) < 4.78 is 13.8. The van der Waals surface area contributed by atoms with Gasteiger partial charge in [-0.05, 0) is 60.0 Å². The van der Waals surface area contributed by atoms with E-state index in [2.05, 4.69) is 25.9 Å². The van der Waals surface area contributed by atoms with E-state index >= 15 is 0 Å². The summed E-state index contributed by atoms with van der Waals surface area (Å²) in [6.45, 7) is 8.14. The maximum absolute atomic E-state index is 7.61. The third-order valence-corrected chi connectivity index (χ3v) is 5.80. The summed E-state index contributed by atoms with van der Waals surface area (Å²) in [5.74, 6) is 2.62. The van der Waals surface area contributed by atoms with E-state index in [4.69, 9.17) is 21.8 Å². The van der Waals surface area contributed by atoms with Gasteiger partial charge >= 0.3 is 0 Å². The molecule has 0 radical (unpaired) electrons. The van der Waals surface area contributed by atoms with Crippen LogP contribution in [0.4, 0.5) is 11.5 Å². The van der Waals surface area contributed by atoms with Gasteiger partial charge in [-0.3, -0.25) is 4.68 Å². The Morgan fingerprint density at radius 2 is 1.69 bits per heavy atom. The summed E-state index contributed by atoms with van der Waals surface area (Å²) in [7, 11) is 1.64. The van der Waals surface area contributed by atoms with Crippen LogP contribution in [0.2, 0.25) is 0 Å². The lowest BCUT2D eigenvalue weighted by atomic mass is 10.1. The Labute approximate surface area is 195 Å². The number of aromatic nitrogens is 2. The monoisotopic (exact) mass is 488 g/mol. The Hall–Kier alpha value is -3.76. The first kappa shape index (κ1) is 21.5. The van der Waals surface area contributed by atoms with E-state index < -0.39 is 0 Å². The number of methoxy groups -OCH3 is 1. The minimum absolute atomic E-state index is 0.353. The van der Waals surface area contributed by atoms with Gasteiger partial charge in [-0.1, -0.05) is 46.3 Å². The molecule has 0 amide bonds. The molecule has 0 saturated heterocycles. The first-order chi connectivity index (χ1) is 15.6. The van der Waals surface area contributed by atoms with Crippen LogP contribution in [0, 0.1) is 6.57 Å². The molecule has 160 valence electrons. The Morgan fingerprint density at radius 1 is 1.00 bits per heavy atom. The van der Waals surface area contributed by atoms with Crippen LogP contribution in [-0.4, -0.2) is 16.9 Å². The van der Waals surface area contributed by atoms with E-state index in [0.717, 1.165) is 27.1 Å². The van der Waals surface area contributed by atoms with E-state index in [1.807, 2.05) is 72.8 Å². The second-order valence-electron chi connectivity index (χ2n) is 7.06. The van der Waals surface area contributed by atoms with Crippen LogP contribution in [0.5, 0.6) is 17.2 Å². The van der Waals surface area contributed by atoms with Crippen molar-refractivity contribution in [3.63, 3.8) is 0 Å². The lowest BCUT2D eigenvalue weighted by Gasteiger charge is -2.09. The number of ether oxygens (including phenoxy) is 2. The van der Waals surface area contributed by atoms with Crippen molar-refractivity contribution in [3.05, 3.63) is 94.2 Å². The van der Waals surface area contributed by atoms with Gasteiger partial charge in [0.25, 0.3) is 5.69 Å². The fraction of sp³-hybridized carbons (Fsp3) is 0.120. The van der Waals surface area contributed by atoms with E-state index in [1.165, 1.54) is 0 Å². The van der Waals surface area contributed by atoms with E-state index in [9.17, 15) is 0 Å². The van der Waals surface area contributed by atoms with Gasteiger partial charge in [0.1, 0.15) is 28.8 Å². The van der Waals surface area contributed by atoms with Crippen LogP contribution < -0.4 is 15.2 Å². The summed E-state index contributed by atoms with van der Waals surface area (Å²) in [5, 5.41) is 4.64. The van der Waals surface area contributed by atoms with Crippen molar-refractivity contribution in [2.45, 2.75) is 13.0 Å². The van der Waals surface area contributed by atoms with Gasteiger partial charge in [-0.2, -0.15) is 5.10 Å². The van der Waals surface area contributed by atoms with Crippen LogP contribution in [0.3, 0.4) is 0 Å². The summed E-state index contributed by atoms with van der Waals surface area (Å²) >= 11 is 3.58. The third kappa shape index (κ3) is 4.61. The van der Waals surface area contributed by atoms with Crippen molar-refractivity contribution in [3.8, 4) is 28.5 Å². The number of rotatable bonds is 7. The molecule has 6 nitrogen and oxygen atoms in total. The molecule has 1 aromatic heterocycles. The van der Waals surface area contributed by atoms with Gasteiger partial charge in [0, 0.05) is 11.0 Å². The number of benzene rings is 3. The van der Waals surface area contributed by atoms with Crippen molar-refractivity contribution in [1.29, 1.82) is 0 Å². The molecule has 1 heterocycles. The lowest BCUT2D eigenvalue weighted by Crippen LogP contribution is -2.07. The van der Waals surface area contributed by atoms with Crippen LogP contribution in [0.25, 0.3) is 16.1 Å². The molecule has 32 heavy (non-hydrogen) atoms. The third-order valence-electron chi connectivity index (χ3n) is 5.03. The van der Waals surface area contributed by atoms with Crippen molar-refractivity contribution in [2.75, 3.05) is 12.8 Å². The maximum Gasteiger partial charge on any atom is 0.254 e. The summed E-state index contributed by atoms with van der Waals surface area (Å²) in [6, 6.07) is 22.9. The molecule has 0 aliphatic carbocycles. The molecule has 3 aromatic carbocycles. The fourth-order valence-electron chi connectivity index (χ4n) is 3.34. The first-order valence-corrected chi connectivity index (χ1v) is 10.8. The molecule has 2 N–H and O–H groups in total. The highest BCUT2D eigenvalue weighted by atomic mass is 79.9. The van der Waals surface area contributed by atoms with Gasteiger partial charge in [-0.15, -0.1) is 0 Å². The van der Waals surface area contributed by atoms with Crippen LogP contribution in [-0.2, 0) is 13.0 Å². The highest BCUT2D eigenvalue weighted by molar-refractivity contribution is 9.10. The molecule has 0 atom stereocenters. The maximum atomic E-state index is 7.61. The first-order valence-electron chi connectivity index (χ1n) is 9.98. The number of anilines is 1. The Bertz CT molecular complexity index is 1260. The van der Waals surface area contributed by atoms with Crippen LogP contribution in [0.1, 0.15) is 5.56 Å². The van der Waals surface area contributed by atoms with Gasteiger partial charge in [0.05, 0.1) is 13.7 Å². The predicted molar refractivity (Wildman–Crippen MR) is 129 cm³/mol. The zero-order valence-electron chi connectivity index (χ0n) is 17.5. The Kier molecular flexibility index (Phi) is 6.43. The summed E-state index contributed by atoms with van der Waals surface area (Å²) in [6.07, 6.45) is 0.685. The Morgan fingerprint density at radius 3 is 2.38 bits per heavy atom. The second-order valence-corrected chi connectivity index (χ2v) is 7.92. The molecule has 0 aliphatic rings. The number of hydrogen-bond acceptors (Lipinski definition) is 4. The van der Waals surface area contributed by atoms with Crippen molar-refractivity contribution in [2.24, 2.45) is 0 Å². The topological polar surface area (TPSA) is 66.7 Å². The number of nitrogen functional groups attached to an aromatic ring is 1. The molecule has 0 spiro atoms. The number of nitrogens with two attached hydrogens (primary N) is 1. The predicted octanol–water partition coefficient (Wildman–Crippen LogP) is 6.49. The molecule has 0 fully saturated rings. The molecule has 0 unspecified atom stereocenters. The quantitative estimate of drug-likeness (QED) is 0.302. The van der Waals surface area contributed by atoms with Gasteiger partial charge in [-0.25, -0.2) is 4.85 Å². The van der Waals surface area contributed by atoms with Crippen LogP contribution >= 0.6 is 15.9 Å². The highest BCUT2D eigenvalue weighted by Gasteiger charge is 2.18. The smallest absolute Gasteiger partial charge is 0.254 e. The van der Waals surface area contributed by atoms with Crippen molar-refractivity contribution in [1.82, 2.24) is 9.78 Å². The molecule has 0 bridgehead atoms. The molecule has 4 rings (SSSR count). The van der Waals surface area contributed by atoms with Gasteiger partial charge in [0.2, 0.25) is 0 Å². The number of aryl methyl sites for hydroxylation is 2. The molecular formula is C25H21BrN4O2. The van der Waals surface area contributed by atoms with Crippen molar-refractivity contribution < 1.29 is 9.47 Å². The van der Waals surface area contributed by atoms with E-state index in [1.54, 1.807) is 11.8 Å². The second kappa shape index (κ2) is 9.58. The molecule has 4 aromatic rings. The average Bonchev–Trinajstić information content (AvgIpc) is 3.15. The van der Waals surface area contributed by atoms with E-state index in [0.29, 0.717) is 35.9 Å². The SMILES string of the molecule is [C-]#[N+]c1c(-c2ccc(Oc3ccccc3)cc2)nn(CCc2cc(OC)ccc2Br)c1N. The standard InChI is InChI=1S/C25H21BrN4O2/c1-28-24-23(17-8-10-20(11-9-17)32-19-6-4-3-5-7-19)29-30(25(24)27)15-14-18-16-21(31-2)12-13-22(18)26/h3-13,16H,14-15,27H2,2H3. The normalized spacial score (nSPS) is 10.5. The highest BCUT2D eigenvalue weighted by Crippen LogP contribution is 2.36. The molecule has 0 aliphatic heterocycles. The number of halogens is 1. The molecular weight excluding hydrogens is 468 g/mol. The summed E-state index contributed by atoms with van der Waals surface area (Å²) in [4.78, 5) is 3.64. The number of para-hydroxylation sites is 1. The Balaban J connectivity index is 1.55. The zero-order valence-corrected chi connectivity index (χ0v) is 19.0. The molecule has 7 heteroatoms. The van der Waals surface area contributed by atoms with Gasteiger partial charge < -0.3 is 15.2 Å². The minimum atomic E-state index is 0.353. The van der Waals surface area contributed by atoms with E-state index in [-0.39, 0.29) is 0 Å². The van der Waals surface area contributed by atoms with Crippen LogP contribution in [0.15, 0.2) is 77.3 Å². The van der Waals surface area contributed by atoms with Crippen molar-refractivity contribution >= 4 is 27.4 Å².